The minimum Gasteiger partial charge on any atom is -0.493 e. The zero-order chi connectivity index (χ0) is 19.6. The first-order valence-corrected chi connectivity index (χ1v) is 8.25. The first-order valence-electron chi connectivity index (χ1n) is 8.25. The largest absolute Gasteiger partial charge is 0.493 e. The Bertz CT molecular complexity index is 803. The molecule has 0 fully saturated rings. The highest BCUT2D eigenvalue weighted by molar-refractivity contribution is 5.98. The monoisotopic (exact) mass is 371 g/mol. The molecule has 7 nitrogen and oxygen atoms in total. The molecule has 142 valence electrons. The number of rotatable bonds is 9. The highest BCUT2D eigenvalue weighted by atomic mass is 16.5. The van der Waals surface area contributed by atoms with Gasteiger partial charge < -0.3 is 19.5 Å². The molecule has 0 aromatic heterocycles. The van der Waals surface area contributed by atoms with Gasteiger partial charge in [-0.3, -0.25) is 14.4 Å². The molecule has 1 amide bonds. The molecule has 0 saturated carbocycles. The molecule has 2 rings (SSSR count). The molecule has 0 heterocycles. The molecule has 0 bridgehead atoms. The van der Waals surface area contributed by atoms with Gasteiger partial charge in [-0.15, -0.1) is 0 Å². The normalized spacial score (nSPS) is 10.0. The van der Waals surface area contributed by atoms with Crippen molar-refractivity contribution < 1.29 is 28.6 Å². The summed E-state index contributed by atoms with van der Waals surface area (Å²) < 4.78 is 15.2. The van der Waals surface area contributed by atoms with Crippen molar-refractivity contribution in [2.75, 3.05) is 27.4 Å². The Balaban J connectivity index is 1.78. The summed E-state index contributed by atoms with van der Waals surface area (Å²) >= 11 is 0. The van der Waals surface area contributed by atoms with Gasteiger partial charge in [-0.1, -0.05) is 30.3 Å². The van der Waals surface area contributed by atoms with Crippen LogP contribution < -0.4 is 14.8 Å². The van der Waals surface area contributed by atoms with Gasteiger partial charge in [0.05, 0.1) is 20.6 Å². The van der Waals surface area contributed by atoms with Crippen molar-refractivity contribution in [3.8, 4) is 11.5 Å². The van der Waals surface area contributed by atoms with Crippen LogP contribution in [0.1, 0.15) is 15.9 Å². The summed E-state index contributed by atoms with van der Waals surface area (Å²) in [6.07, 6.45) is 0.165. The zero-order valence-corrected chi connectivity index (χ0v) is 15.2. The Kier molecular flexibility index (Phi) is 7.37. The molecule has 2 aromatic carbocycles. The summed E-state index contributed by atoms with van der Waals surface area (Å²) in [5.41, 5.74) is 1.17. The molecule has 0 aliphatic heterocycles. The van der Waals surface area contributed by atoms with Gasteiger partial charge in [0, 0.05) is 5.56 Å². The topological polar surface area (TPSA) is 90.9 Å². The Hall–Kier alpha value is -3.35. The maximum Gasteiger partial charge on any atom is 0.325 e. The number of hydrogen-bond acceptors (Lipinski definition) is 6. The van der Waals surface area contributed by atoms with E-state index in [0.29, 0.717) is 17.1 Å². The molecule has 0 atom stereocenters. The highest BCUT2D eigenvalue weighted by Gasteiger charge is 2.14. The van der Waals surface area contributed by atoms with Crippen LogP contribution in [0.4, 0.5) is 0 Å². The van der Waals surface area contributed by atoms with E-state index in [4.69, 9.17) is 14.2 Å². The van der Waals surface area contributed by atoms with E-state index >= 15 is 0 Å². The van der Waals surface area contributed by atoms with Crippen molar-refractivity contribution in [1.29, 1.82) is 0 Å². The van der Waals surface area contributed by atoms with E-state index < -0.39 is 12.6 Å². The third-order valence-electron chi connectivity index (χ3n) is 3.71. The molecule has 1 N–H and O–H groups in total. The van der Waals surface area contributed by atoms with Crippen molar-refractivity contribution >= 4 is 17.7 Å². The maximum absolute atomic E-state index is 12.1. The number of carbonyl (C=O) groups excluding carboxylic acids is 3. The number of Topliss-reactive ketones (excluding diaryl/α,β-unsaturated/α-hetero) is 1. The van der Waals surface area contributed by atoms with Crippen molar-refractivity contribution in [3.05, 3.63) is 59.7 Å². The molecule has 2 aromatic rings. The Morgan fingerprint density at radius 3 is 2.30 bits per heavy atom. The van der Waals surface area contributed by atoms with Crippen LogP contribution in [0.15, 0.2) is 48.5 Å². The number of nitrogens with one attached hydrogen (secondary N) is 1. The van der Waals surface area contributed by atoms with E-state index in [0.717, 1.165) is 5.56 Å². The lowest BCUT2D eigenvalue weighted by Gasteiger charge is -2.09. The average molecular weight is 371 g/mol. The van der Waals surface area contributed by atoms with Gasteiger partial charge in [0.1, 0.15) is 6.54 Å². The molecule has 0 radical (unpaired) electrons. The zero-order valence-electron chi connectivity index (χ0n) is 15.2. The van der Waals surface area contributed by atoms with Crippen LogP contribution in [-0.2, 0) is 20.7 Å². The number of esters is 1. The van der Waals surface area contributed by atoms with Crippen LogP contribution in [0.3, 0.4) is 0 Å². The quantitative estimate of drug-likeness (QED) is 0.534. The number of carbonyl (C=O) groups is 3. The van der Waals surface area contributed by atoms with Crippen LogP contribution in [0.5, 0.6) is 11.5 Å². The van der Waals surface area contributed by atoms with E-state index in [1.54, 1.807) is 12.1 Å². The fourth-order valence-electron chi connectivity index (χ4n) is 2.30. The lowest BCUT2D eigenvalue weighted by atomic mass is 10.1. The van der Waals surface area contributed by atoms with Crippen molar-refractivity contribution in [2.45, 2.75) is 6.42 Å². The summed E-state index contributed by atoms with van der Waals surface area (Å²) in [4.78, 5) is 35.7. The standard InChI is InChI=1S/C20H21NO6/c1-25-17-9-8-15(11-18(17)26-2)16(22)13-27-20(24)12-21-19(23)10-14-6-4-3-5-7-14/h3-9,11H,10,12-13H2,1-2H3,(H,21,23). The van der Waals surface area contributed by atoms with Crippen LogP contribution in [0, 0.1) is 0 Å². The number of ether oxygens (including phenoxy) is 3. The summed E-state index contributed by atoms with van der Waals surface area (Å²) in [6, 6.07) is 13.8. The van der Waals surface area contributed by atoms with E-state index in [1.165, 1.54) is 20.3 Å². The molecular formula is C20H21NO6. The second-order valence-corrected chi connectivity index (χ2v) is 5.59. The number of benzene rings is 2. The highest BCUT2D eigenvalue weighted by Crippen LogP contribution is 2.27. The van der Waals surface area contributed by atoms with E-state index in [1.807, 2.05) is 30.3 Å². The van der Waals surface area contributed by atoms with Crippen molar-refractivity contribution in [1.82, 2.24) is 5.32 Å². The summed E-state index contributed by atoms with van der Waals surface area (Å²) in [5.74, 6) is -0.482. The molecule has 27 heavy (non-hydrogen) atoms. The number of ketones is 1. The molecule has 0 spiro atoms. The summed E-state index contributed by atoms with van der Waals surface area (Å²) in [6.45, 7) is -0.728. The molecule has 0 saturated heterocycles. The minimum atomic E-state index is -0.690. The average Bonchev–Trinajstić information content (AvgIpc) is 2.70. The second-order valence-electron chi connectivity index (χ2n) is 5.59. The third kappa shape index (κ3) is 6.14. The molecule has 7 heteroatoms. The van der Waals surface area contributed by atoms with Gasteiger partial charge in [-0.25, -0.2) is 0 Å². The van der Waals surface area contributed by atoms with Gasteiger partial charge in [0.25, 0.3) is 0 Å². The fourth-order valence-corrected chi connectivity index (χ4v) is 2.30. The van der Waals surface area contributed by atoms with Gasteiger partial charge in [-0.2, -0.15) is 0 Å². The molecule has 0 unspecified atom stereocenters. The molecule has 0 aliphatic carbocycles. The fraction of sp³-hybridized carbons (Fsp3) is 0.250. The van der Waals surface area contributed by atoms with Crippen LogP contribution in [0.25, 0.3) is 0 Å². The predicted octanol–water partition coefficient (Wildman–Crippen LogP) is 1.79. The lowest BCUT2D eigenvalue weighted by molar-refractivity contribution is -0.142. The number of methoxy groups -OCH3 is 2. The first kappa shape index (κ1) is 20.0. The van der Waals surface area contributed by atoms with E-state index in [-0.39, 0.29) is 24.7 Å². The third-order valence-corrected chi connectivity index (χ3v) is 3.71. The predicted molar refractivity (Wildman–Crippen MR) is 98.0 cm³/mol. The van der Waals surface area contributed by atoms with Gasteiger partial charge >= 0.3 is 5.97 Å². The smallest absolute Gasteiger partial charge is 0.325 e. The SMILES string of the molecule is COc1ccc(C(=O)COC(=O)CNC(=O)Cc2ccccc2)cc1OC. The first-order chi connectivity index (χ1) is 13.0. The molecule has 0 aliphatic rings. The summed E-state index contributed by atoms with van der Waals surface area (Å²) in [5, 5.41) is 2.47. The summed E-state index contributed by atoms with van der Waals surface area (Å²) in [7, 11) is 2.96. The van der Waals surface area contributed by atoms with Crippen LogP contribution in [0.2, 0.25) is 0 Å². The van der Waals surface area contributed by atoms with Gasteiger partial charge in [-0.05, 0) is 23.8 Å². The second kappa shape index (κ2) is 9.96. The van der Waals surface area contributed by atoms with Crippen molar-refractivity contribution in [2.24, 2.45) is 0 Å². The van der Waals surface area contributed by atoms with Gasteiger partial charge in [0.2, 0.25) is 5.91 Å². The Morgan fingerprint density at radius 1 is 0.926 bits per heavy atom. The maximum atomic E-state index is 12.1. The van der Waals surface area contributed by atoms with Crippen LogP contribution in [-0.4, -0.2) is 45.0 Å². The number of amides is 1. The van der Waals surface area contributed by atoms with E-state index in [2.05, 4.69) is 5.32 Å². The van der Waals surface area contributed by atoms with Crippen molar-refractivity contribution in [3.63, 3.8) is 0 Å². The van der Waals surface area contributed by atoms with Crippen LogP contribution >= 0.6 is 0 Å². The Labute approximate surface area is 157 Å². The number of hydrogen-bond donors (Lipinski definition) is 1. The van der Waals surface area contributed by atoms with Gasteiger partial charge in [0.15, 0.2) is 23.9 Å². The minimum absolute atomic E-state index is 0.165. The van der Waals surface area contributed by atoms with E-state index in [9.17, 15) is 14.4 Å². The lowest BCUT2D eigenvalue weighted by Crippen LogP contribution is -2.32. The molecular weight excluding hydrogens is 350 g/mol. The Morgan fingerprint density at radius 2 is 1.63 bits per heavy atom.